The van der Waals surface area contributed by atoms with Gasteiger partial charge >= 0.3 is 0 Å². The van der Waals surface area contributed by atoms with Crippen LogP contribution in [0.2, 0.25) is 5.02 Å². The first kappa shape index (κ1) is 18.7. The van der Waals surface area contributed by atoms with E-state index in [9.17, 15) is 9.18 Å². The summed E-state index contributed by atoms with van der Waals surface area (Å²) < 4.78 is 18.7. The zero-order valence-electron chi connectivity index (χ0n) is 14.7. The van der Waals surface area contributed by atoms with Crippen LogP contribution < -0.4 is 10.1 Å². The molecule has 0 spiro atoms. The highest BCUT2D eigenvalue weighted by Gasteiger charge is 2.26. The number of carbonyl (C=O) groups is 1. The van der Waals surface area contributed by atoms with E-state index in [4.69, 9.17) is 16.3 Å². The lowest BCUT2D eigenvalue weighted by Crippen LogP contribution is -2.37. The summed E-state index contributed by atoms with van der Waals surface area (Å²) in [7, 11) is 1.65. The average Bonchev–Trinajstić information content (AvgIpc) is 3.16. The van der Waals surface area contributed by atoms with E-state index in [1.807, 2.05) is 24.3 Å². The molecule has 6 heteroatoms. The van der Waals surface area contributed by atoms with Gasteiger partial charge in [0.1, 0.15) is 11.6 Å². The smallest absolute Gasteiger partial charge is 0.252 e. The first-order chi connectivity index (χ1) is 12.6. The minimum absolute atomic E-state index is 0.0109. The van der Waals surface area contributed by atoms with Gasteiger partial charge in [0.25, 0.3) is 5.91 Å². The number of carbonyl (C=O) groups excluding carboxylic acids is 1. The number of hydrogen-bond donors (Lipinski definition) is 1. The molecule has 1 heterocycles. The van der Waals surface area contributed by atoms with Crippen LogP contribution in [0.4, 0.5) is 4.39 Å². The van der Waals surface area contributed by atoms with Crippen molar-refractivity contribution in [3.63, 3.8) is 0 Å². The van der Waals surface area contributed by atoms with Gasteiger partial charge in [0.05, 0.1) is 23.7 Å². The number of likely N-dealkylation sites (tertiary alicyclic amines) is 1. The van der Waals surface area contributed by atoms with E-state index in [-0.39, 0.29) is 22.5 Å². The number of hydrogen-bond acceptors (Lipinski definition) is 3. The summed E-state index contributed by atoms with van der Waals surface area (Å²) in [6.07, 6.45) is 2.28. The van der Waals surface area contributed by atoms with Crippen LogP contribution in [0.1, 0.15) is 34.8 Å². The number of methoxy groups -OCH3 is 1. The van der Waals surface area contributed by atoms with Gasteiger partial charge in [0.15, 0.2) is 0 Å². The van der Waals surface area contributed by atoms with Gasteiger partial charge in [-0.2, -0.15) is 0 Å². The Kier molecular flexibility index (Phi) is 6.12. The van der Waals surface area contributed by atoms with Crippen molar-refractivity contribution in [3.8, 4) is 5.75 Å². The summed E-state index contributed by atoms with van der Waals surface area (Å²) in [6, 6.07) is 11.7. The summed E-state index contributed by atoms with van der Waals surface area (Å²) in [5.41, 5.74) is 1.32. The van der Waals surface area contributed by atoms with E-state index >= 15 is 0 Å². The number of halogens is 2. The van der Waals surface area contributed by atoms with Gasteiger partial charge < -0.3 is 10.1 Å². The second-order valence-corrected chi connectivity index (χ2v) is 6.74. The van der Waals surface area contributed by atoms with E-state index in [2.05, 4.69) is 10.2 Å². The third-order valence-electron chi connectivity index (χ3n) is 4.71. The summed E-state index contributed by atoms with van der Waals surface area (Å²) in [5.74, 6) is 0.0306. The molecule has 3 rings (SSSR count). The van der Waals surface area contributed by atoms with Crippen LogP contribution in [-0.2, 0) is 0 Å². The van der Waals surface area contributed by atoms with Crippen molar-refractivity contribution in [1.29, 1.82) is 0 Å². The molecule has 0 aromatic heterocycles. The Hall–Kier alpha value is -2.11. The summed E-state index contributed by atoms with van der Waals surface area (Å²) in [5, 5.41) is 3.05. The van der Waals surface area contributed by atoms with Crippen molar-refractivity contribution in [2.75, 3.05) is 26.7 Å². The van der Waals surface area contributed by atoms with E-state index in [1.54, 1.807) is 7.11 Å². The lowest BCUT2D eigenvalue weighted by Gasteiger charge is -2.29. The molecule has 1 unspecified atom stereocenters. The van der Waals surface area contributed by atoms with Crippen molar-refractivity contribution in [3.05, 3.63) is 64.4 Å². The molecular weight excluding hydrogens is 355 g/mol. The molecule has 1 aliphatic heterocycles. The number of amides is 1. The van der Waals surface area contributed by atoms with Crippen LogP contribution in [0.15, 0.2) is 42.5 Å². The highest BCUT2D eigenvalue weighted by Crippen LogP contribution is 2.31. The van der Waals surface area contributed by atoms with Crippen LogP contribution in [-0.4, -0.2) is 37.6 Å². The number of ether oxygens (including phenoxy) is 1. The Morgan fingerprint density at radius 1 is 1.27 bits per heavy atom. The first-order valence-electron chi connectivity index (χ1n) is 8.70. The molecule has 1 atom stereocenters. The fourth-order valence-corrected chi connectivity index (χ4v) is 3.64. The van der Waals surface area contributed by atoms with Crippen LogP contribution in [0, 0.1) is 5.82 Å². The molecule has 1 N–H and O–H groups in total. The summed E-state index contributed by atoms with van der Waals surface area (Å²) in [4.78, 5) is 14.9. The molecule has 0 radical (unpaired) electrons. The van der Waals surface area contributed by atoms with Gasteiger partial charge in [0, 0.05) is 12.1 Å². The fourth-order valence-electron chi connectivity index (χ4n) is 3.39. The Morgan fingerprint density at radius 3 is 2.69 bits per heavy atom. The van der Waals surface area contributed by atoms with Crippen LogP contribution in [0.3, 0.4) is 0 Å². The topological polar surface area (TPSA) is 41.6 Å². The lowest BCUT2D eigenvalue weighted by atomic mass is 10.0. The molecule has 4 nitrogen and oxygen atoms in total. The largest absolute Gasteiger partial charge is 0.496 e. The lowest BCUT2D eigenvalue weighted by molar-refractivity contribution is 0.0937. The Bertz CT molecular complexity index is 778. The predicted octanol–water partition coefficient (Wildman–Crippen LogP) is 4.05. The fraction of sp³-hybridized carbons (Fsp3) is 0.350. The zero-order chi connectivity index (χ0) is 18.5. The molecule has 0 bridgehead atoms. The molecule has 2 aromatic carbocycles. The van der Waals surface area contributed by atoms with Crippen molar-refractivity contribution in [1.82, 2.24) is 10.2 Å². The molecule has 1 saturated heterocycles. The van der Waals surface area contributed by atoms with Crippen LogP contribution in [0.5, 0.6) is 5.75 Å². The third kappa shape index (κ3) is 4.17. The highest BCUT2D eigenvalue weighted by molar-refractivity contribution is 6.33. The second-order valence-electron chi connectivity index (χ2n) is 6.34. The first-order valence-corrected chi connectivity index (χ1v) is 9.08. The van der Waals surface area contributed by atoms with Gasteiger partial charge in [-0.05, 0) is 50.2 Å². The van der Waals surface area contributed by atoms with Crippen molar-refractivity contribution >= 4 is 17.5 Å². The SMILES string of the molecule is COc1ccccc1C(CNC(=O)c1ccc(F)cc1Cl)N1CCCC1. The van der Waals surface area contributed by atoms with E-state index in [0.717, 1.165) is 43.3 Å². The monoisotopic (exact) mass is 376 g/mol. The van der Waals surface area contributed by atoms with Crippen LogP contribution >= 0.6 is 11.6 Å². The second kappa shape index (κ2) is 8.52. The number of benzene rings is 2. The minimum atomic E-state index is -0.462. The number of nitrogens with zero attached hydrogens (tertiary/aromatic N) is 1. The van der Waals surface area contributed by atoms with Gasteiger partial charge in [-0.1, -0.05) is 29.8 Å². The molecular formula is C20H22ClFN2O2. The Balaban J connectivity index is 1.79. The van der Waals surface area contributed by atoms with Crippen molar-refractivity contribution < 1.29 is 13.9 Å². The number of para-hydroxylation sites is 1. The third-order valence-corrected chi connectivity index (χ3v) is 5.02. The number of rotatable bonds is 6. The maximum Gasteiger partial charge on any atom is 0.252 e. The normalized spacial score (nSPS) is 15.7. The average molecular weight is 377 g/mol. The zero-order valence-corrected chi connectivity index (χ0v) is 15.4. The maximum absolute atomic E-state index is 13.2. The molecule has 26 heavy (non-hydrogen) atoms. The quantitative estimate of drug-likeness (QED) is 0.826. The van der Waals surface area contributed by atoms with Crippen molar-refractivity contribution in [2.45, 2.75) is 18.9 Å². The van der Waals surface area contributed by atoms with Crippen molar-refractivity contribution in [2.24, 2.45) is 0 Å². The molecule has 1 aliphatic rings. The Labute approximate surface area is 157 Å². The van der Waals surface area contributed by atoms with E-state index in [1.165, 1.54) is 12.1 Å². The standard InChI is InChI=1S/C20H22ClFN2O2/c1-26-19-7-3-2-6-16(19)18(24-10-4-5-11-24)13-23-20(25)15-9-8-14(22)12-17(15)21/h2-3,6-9,12,18H,4-5,10-11,13H2,1H3,(H,23,25). The van der Waals surface area contributed by atoms with E-state index in [0.29, 0.717) is 6.54 Å². The molecule has 1 amide bonds. The molecule has 0 aliphatic carbocycles. The van der Waals surface area contributed by atoms with Gasteiger partial charge in [-0.25, -0.2) is 4.39 Å². The Morgan fingerprint density at radius 2 is 2.00 bits per heavy atom. The van der Waals surface area contributed by atoms with Gasteiger partial charge in [-0.3, -0.25) is 9.69 Å². The maximum atomic E-state index is 13.2. The molecule has 1 fully saturated rings. The number of nitrogens with one attached hydrogen (secondary N) is 1. The van der Waals surface area contributed by atoms with Gasteiger partial charge in [0.2, 0.25) is 0 Å². The predicted molar refractivity (Wildman–Crippen MR) is 100 cm³/mol. The molecule has 2 aromatic rings. The molecule has 138 valence electrons. The minimum Gasteiger partial charge on any atom is -0.496 e. The van der Waals surface area contributed by atoms with Gasteiger partial charge in [-0.15, -0.1) is 0 Å². The highest BCUT2D eigenvalue weighted by atomic mass is 35.5. The summed E-state index contributed by atoms with van der Waals surface area (Å²) >= 11 is 6.00. The van der Waals surface area contributed by atoms with E-state index < -0.39 is 5.82 Å². The molecule has 0 saturated carbocycles. The summed E-state index contributed by atoms with van der Waals surface area (Å²) in [6.45, 7) is 2.39. The van der Waals surface area contributed by atoms with Crippen LogP contribution in [0.25, 0.3) is 0 Å².